The number of carbonyl (C=O) groups is 2. The summed E-state index contributed by atoms with van der Waals surface area (Å²) in [4.78, 5) is 19.6. The van der Waals surface area contributed by atoms with E-state index in [1.807, 2.05) is 6.92 Å². The first-order valence-corrected chi connectivity index (χ1v) is 14.1. The van der Waals surface area contributed by atoms with Gasteiger partial charge in [0.15, 0.2) is 23.6 Å². The van der Waals surface area contributed by atoms with E-state index in [9.17, 15) is 19.8 Å². The van der Waals surface area contributed by atoms with Crippen LogP contribution in [0.2, 0.25) is 0 Å². The highest BCUT2D eigenvalue weighted by Gasteiger charge is 2.59. The van der Waals surface area contributed by atoms with Gasteiger partial charge in [-0.15, -0.1) is 0 Å². The van der Waals surface area contributed by atoms with E-state index in [1.54, 1.807) is 20.8 Å². The molecule has 4 saturated heterocycles. The Balaban J connectivity index is 0.000000319. The standard InChI is InChI=1S/C12H22O6.C6H12O4.C5H10O5.C4H6O2/c1-7-9-10(8(14)5-16-7)18-12(3,15-4)11(2,6-13)17-9;1-3-5(8)6(9)4(7)2-10-3;6-2-1-10-5(9)4(8)3(2)7;1-3(5)4(2)6/h7-10,13-14H,5-6H2,1-4H3;3-9H,2H2,1H3;2-9H,1H2;1-2H3/t7-,8-,9+,10+,11+,12-;3-,4-,5+,6+;2-,3+,4-,5?;/m000./s1. The largest absolute Gasteiger partial charge is 0.393 e. The van der Waals surface area contributed by atoms with Crippen molar-refractivity contribution < 1.29 is 84.0 Å². The average molecular weight is 647 g/mol. The quantitative estimate of drug-likeness (QED) is 0.131. The predicted octanol–water partition coefficient (Wildman–Crippen LogP) is -4.27. The molecule has 1 unspecified atom stereocenters. The fourth-order valence-electron chi connectivity index (χ4n) is 4.21. The molecule has 4 fully saturated rings. The molecule has 14 atom stereocenters. The van der Waals surface area contributed by atoms with Crippen molar-refractivity contribution in [1.29, 1.82) is 0 Å². The molecule has 0 bridgehead atoms. The molecule has 17 heteroatoms. The maximum atomic E-state index is 9.94. The summed E-state index contributed by atoms with van der Waals surface area (Å²) < 4.78 is 32.0. The Hall–Kier alpha value is -1.26. The molecule has 0 spiro atoms. The minimum absolute atomic E-state index is 0.0966. The van der Waals surface area contributed by atoms with Gasteiger partial charge in [-0.2, -0.15) is 0 Å². The van der Waals surface area contributed by atoms with Crippen LogP contribution in [0.4, 0.5) is 0 Å². The maximum Gasteiger partial charge on any atom is 0.196 e. The summed E-state index contributed by atoms with van der Waals surface area (Å²) in [5.41, 5.74) is -1.00. The Morgan fingerprint density at radius 3 is 1.57 bits per heavy atom. The number of hydrogen-bond acceptors (Lipinski definition) is 17. The van der Waals surface area contributed by atoms with Crippen LogP contribution in [0.1, 0.15) is 41.5 Å². The summed E-state index contributed by atoms with van der Waals surface area (Å²) in [6.07, 6.45) is -10.5. The molecule has 0 aromatic heterocycles. The van der Waals surface area contributed by atoms with Gasteiger partial charge in [-0.1, -0.05) is 0 Å². The van der Waals surface area contributed by atoms with E-state index in [0.29, 0.717) is 0 Å². The zero-order chi connectivity index (χ0) is 34.2. The minimum Gasteiger partial charge on any atom is -0.393 e. The number of methoxy groups -OCH3 is 1. The van der Waals surface area contributed by atoms with E-state index in [-0.39, 0.29) is 44.1 Å². The van der Waals surface area contributed by atoms with Crippen LogP contribution >= 0.6 is 0 Å². The van der Waals surface area contributed by atoms with Crippen molar-refractivity contribution in [3.63, 3.8) is 0 Å². The van der Waals surface area contributed by atoms with Crippen LogP contribution in [0, 0.1) is 0 Å². The van der Waals surface area contributed by atoms with Crippen molar-refractivity contribution in [3.05, 3.63) is 0 Å². The number of rotatable bonds is 3. The number of Topliss-reactive ketones (excluding diaryl/α,β-unsaturated/α-hetero) is 2. The maximum absolute atomic E-state index is 9.94. The molecule has 0 aliphatic carbocycles. The molecule has 0 aromatic rings. The normalized spacial score (nSPS) is 45.1. The number of aliphatic hydroxyl groups excluding tert-OH is 9. The fourth-order valence-corrected chi connectivity index (χ4v) is 4.21. The lowest BCUT2D eigenvalue weighted by Gasteiger charge is -2.55. The third-order valence-corrected chi connectivity index (χ3v) is 7.83. The van der Waals surface area contributed by atoms with E-state index >= 15 is 0 Å². The van der Waals surface area contributed by atoms with Crippen molar-refractivity contribution in [2.75, 3.05) is 33.5 Å². The van der Waals surface area contributed by atoms with Crippen LogP contribution in [0.15, 0.2) is 0 Å². The van der Waals surface area contributed by atoms with Gasteiger partial charge in [0.1, 0.15) is 60.5 Å². The average Bonchev–Trinajstić information content (AvgIpc) is 2.99. The van der Waals surface area contributed by atoms with E-state index in [0.717, 1.165) is 0 Å². The molecule has 17 nitrogen and oxygen atoms in total. The summed E-state index contributed by atoms with van der Waals surface area (Å²) >= 11 is 0. The topological polar surface area (TPSA) is 272 Å². The number of ether oxygens (including phenoxy) is 6. The zero-order valence-electron chi connectivity index (χ0n) is 26.0. The van der Waals surface area contributed by atoms with Crippen molar-refractivity contribution >= 4 is 11.6 Å². The van der Waals surface area contributed by atoms with Crippen molar-refractivity contribution in [1.82, 2.24) is 0 Å². The fraction of sp³-hybridized carbons (Fsp3) is 0.926. The molecule has 4 aliphatic heterocycles. The van der Waals surface area contributed by atoms with Gasteiger partial charge in [0, 0.05) is 21.0 Å². The molecule has 4 heterocycles. The molecule has 0 aromatic carbocycles. The highest BCUT2D eigenvalue weighted by atomic mass is 16.8. The van der Waals surface area contributed by atoms with Crippen LogP contribution < -0.4 is 0 Å². The molecule has 9 N–H and O–H groups in total. The highest BCUT2D eigenvalue weighted by molar-refractivity contribution is 6.35. The second-order valence-corrected chi connectivity index (χ2v) is 11.3. The van der Waals surface area contributed by atoms with E-state index in [2.05, 4.69) is 4.74 Å². The summed E-state index contributed by atoms with van der Waals surface area (Å²) in [6.45, 7) is 9.35. The van der Waals surface area contributed by atoms with E-state index < -0.39 is 78.7 Å². The van der Waals surface area contributed by atoms with Crippen molar-refractivity contribution in [2.45, 2.75) is 126 Å². The Morgan fingerprint density at radius 2 is 1.14 bits per heavy atom. The number of aliphatic hydroxyl groups is 9. The second kappa shape index (κ2) is 17.6. The molecule has 0 saturated carbocycles. The highest BCUT2D eigenvalue weighted by Crippen LogP contribution is 2.41. The molecule has 44 heavy (non-hydrogen) atoms. The minimum atomic E-state index is -1.41. The lowest BCUT2D eigenvalue weighted by atomic mass is 9.90. The molecule has 4 aliphatic rings. The first-order valence-electron chi connectivity index (χ1n) is 14.1. The van der Waals surface area contributed by atoms with Gasteiger partial charge in [0.05, 0.1) is 38.6 Å². The molecular formula is C27H50O17. The molecule has 260 valence electrons. The molecule has 4 rings (SSSR count). The van der Waals surface area contributed by atoms with Gasteiger partial charge >= 0.3 is 0 Å². The van der Waals surface area contributed by atoms with Crippen LogP contribution in [0.25, 0.3) is 0 Å². The Bertz CT molecular complexity index is 794. The third kappa shape index (κ3) is 10.4. The van der Waals surface area contributed by atoms with Crippen LogP contribution in [-0.4, -0.2) is 176 Å². The predicted molar refractivity (Wildman–Crippen MR) is 147 cm³/mol. The first kappa shape index (κ1) is 40.8. The first-order chi connectivity index (χ1) is 20.3. The number of fused-ring (bicyclic) bond motifs is 1. The molecule has 0 radical (unpaired) electrons. The number of hydrogen-bond donors (Lipinski definition) is 9. The van der Waals surface area contributed by atoms with Crippen LogP contribution in [0.3, 0.4) is 0 Å². The van der Waals surface area contributed by atoms with Crippen molar-refractivity contribution in [3.8, 4) is 0 Å². The number of carbonyl (C=O) groups excluding carboxylic acids is 2. The summed E-state index contributed by atoms with van der Waals surface area (Å²) in [6, 6.07) is 0. The van der Waals surface area contributed by atoms with Crippen molar-refractivity contribution in [2.24, 2.45) is 0 Å². The third-order valence-electron chi connectivity index (χ3n) is 7.83. The van der Waals surface area contributed by atoms with Gasteiger partial charge in [-0.05, 0) is 27.7 Å². The molecule has 0 amide bonds. The second-order valence-electron chi connectivity index (χ2n) is 11.3. The molecular weight excluding hydrogens is 596 g/mol. The van der Waals surface area contributed by atoms with E-state index in [1.165, 1.54) is 21.0 Å². The lowest BCUT2D eigenvalue weighted by molar-refractivity contribution is -0.418. The SMILES string of the molecule is CC(=O)C(C)=O.CO[C@@]1(C)O[C@H]2[C@H](O[C@]1(C)CO)[C@H](C)OC[C@@H]2O.C[C@@H]1OC[C@H](O)[C@@H](O)[C@@H]1O.OC1OC[C@H](O)[C@@H](O)[C@@H]1O. The summed E-state index contributed by atoms with van der Waals surface area (Å²) in [5.74, 6) is -1.87. The van der Waals surface area contributed by atoms with Gasteiger partial charge in [0.25, 0.3) is 0 Å². The van der Waals surface area contributed by atoms with Crippen LogP contribution in [-0.2, 0) is 38.0 Å². The number of ketones is 2. The Kier molecular flexibility index (Phi) is 16.3. The monoisotopic (exact) mass is 646 g/mol. The summed E-state index contributed by atoms with van der Waals surface area (Å²) in [7, 11) is 1.49. The Labute approximate surface area is 255 Å². The van der Waals surface area contributed by atoms with Gasteiger partial charge in [0.2, 0.25) is 0 Å². The lowest BCUT2D eigenvalue weighted by Crippen LogP contribution is -2.71. The van der Waals surface area contributed by atoms with E-state index in [4.69, 9.17) is 59.4 Å². The van der Waals surface area contributed by atoms with Crippen LogP contribution in [0.5, 0.6) is 0 Å². The zero-order valence-corrected chi connectivity index (χ0v) is 26.0. The smallest absolute Gasteiger partial charge is 0.196 e. The van der Waals surface area contributed by atoms with Gasteiger partial charge < -0.3 is 74.4 Å². The summed E-state index contributed by atoms with van der Waals surface area (Å²) in [5, 5.41) is 81.8. The van der Waals surface area contributed by atoms with Gasteiger partial charge in [-0.3, -0.25) is 9.59 Å². The van der Waals surface area contributed by atoms with Gasteiger partial charge in [-0.25, -0.2) is 0 Å². The Morgan fingerprint density at radius 1 is 0.682 bits per heavy atom.